The summed E-state index contributed by atoms with van der Waals surface area (Å²) < 4.78 is 23.2. The summed E-state index contributed by atoms with van der Waals surface area (Å²) in [4.78, 5) is 34.5. The molecule has 2 amide bonds. The van der Waals surface area contributed by atoms with Crippen LogP contribution in [0.1, 0.15) is 52.8 Å². The van der Waals surface area contributed by atoms with E-state index in [1.807, 2.05) is 11.0 Å². The van der Waals surface area contributed by atoms with Crippen molar-refractivity contribution in [2.45, 2.75) is 43.8 Å². The Morgan fingerprint density at radius 3 is 2.30 bits per heavy atom. The van der Waals surface area contributed by atoms with Crippen molar-refractivity contribution in [3.63, 3.8) is 0 Å². The molecular weight excluding hydrogens is 562 g/mol. The molecule has 0 unspecified atom stereocenters. The van der Waals surface area contributed by atoms with Crippen LogP contribution in [0.25, 0.3) is 0 Å². The highest BCUT2D eigenvalue weighted by Crippen LogP contribution is 2.41. The van der Waals surface area contributed by atoms with E-state index in [0.29, 0.717) is 79.1 Å². The fourth-order valence-electron chi connectivity index (χ4n) is 6.31. The summed E-state index contributed by atoms with van der Waals surface area (Å²) in [5.41, 5.74) is 9.73. The number of fused-ring (bicyclic) bond motifs is 4. The number of rotatable bonds is 10. The number of unbranched alkanes of at least 4 members (excludes halogenated alkanes) is 2. The number of hydrogen-bond donors (Lipinski definition) is 2. The van der Waals surface area contributed by atoms with E-state index < -0.39 is 5.66 Å². The Morgan fingerprint density at radius 1 is 0.909 bits per heavy atom. The molecule has 2 aromatic rings. The van der Waals surface area contributed by atoms with Gasteiger partial charge in [-0.05, 0) is 37.8 Å². The van der Waals surface area contributed by atoms with Gasteiger partial charge in [-0.15, -0.1) is 0 Å². The first-order valence-electron chi connectivity index (χ1n) is 14.9. The molecule has 2 fully saturated rings. The van der Waals surface area contributed by atoms with Gasteiger partial charge in [-0.3, -0.25) is 14.6 Å². The maximum Gasteiger partial charge on any atom is 0.258 e. The van der Waals surface area contributed by atoms with E-state index in [2.05, 4.69) is 23.5 Å². The SMILES string of the molecule is C=C1C[C@H]2CNc3cc(OCCCCCOc4cc5c(cc4OC)C(=O)N4CC(=C)C[C@@]4(N)C=N5)c(OC)cc3C(=O)N2C1. The van der Waals surface area contributed by atoms with Crippen molar-refractivity contribution in [3.8, 4) is 23.0 Å². The van der Waals surface area contributed by atoms with Crippen molar-refractivity contribution in [1.82, 2.24) is 9.80 Å². The summed E-state index contributed by atoms with van der Waals surface area (Å²) in [6.07, 6.45) is 5.36. The van der Waals surface area contributed by atoms with Gasteiger partial charge in [0.05, 0.1) is 56.0 Å². The maximum absolute atomic E-state index is 13.3. The zero-order valence-electron chi connectivity index (χ0n) is 25.3. The Bertz CT molecular complexity index is 1550. The number of methoxy groups -OCH3 is 2. The van der Waals surface area contributed by atoms with Gasteiger partial charge in [0, 0.05) is 44.4 Å². The number of nitrogens with zero attached hydrogens (tertiary/aromatic N) is 3. The molecule has 0 aromatic heterocycles. The van der Waals surface area contributed by atoms with Gasteiger partial charge in [0.2, 0.25) is 0 Å². The topological polar surface area (TPSA) is 128 Å². The summed E-state index contributed by atoms with van der Waals surface area (Å²) in [6, 6.07) is 7.13. The highest BCUT2D eigenvalue weighted by Gasteiger charge is 2.43. The third kappa shape index (κ3) is 5.47. The van der Waals surface area contributed by atoms with Gasteiger partial charge in [-0.25, -0.2) is 0 Å². The van der Waals surface area contributed by atoms with Crippen LogP contribution in [0.15, 0.2) is 53.6 Å². The summed E-state index contributed by atoms with van der Waals surface area (Å²) in [5.74, 6) is 1.89. The van der Waals surface area contributed by atoms with Crippen LogP contribution in [0.4, 0.5) is 11.4 Å². The average molecular weight is 602 g/mol. The van der Waals surface area contributed by atoms with Crippen LogP contribution < -0.4 is 30.0 Å². The molecule has 0 saturated carbocycles. The van der Waals surface area contributed by atoms with Gasteiger partial charge in [0.1, 0.15) is 5.66 Å². The lowest BCUT2D eigenvalue weighted by atomic mass is 10.1. The number of hydrogen-bond acceptors (Lipinski definition) is 9. The molecule has 3 N–H and O–H groups in total. The van der Waals surface area contributed by atoms with Crippen LogP contribution in [0.3, 0.4) is 0 Å². The smallest absolute Gasteiger partial charge is 0.258 e. The zero-order valence-corrected chi connectivity index (χ0v) is 25.3. The molecular formula is C33H39N5O6. The molecule has 11 heteroatoms. The molecule has 0 aliphatic carbocycles. The van der Waals surface area contributed by atoms with E-state index in [-0.39, 0.29) is 17.9 Å². The lowest BCUT2D eigenvalue weighted by Gasteiger charge is -2.29. The highest BCUT2D eigenvalue weighted by molar-refractivity contribution is 6.05. The van der Waals surface area contributed by atoms with Crippen molar-refractivity contribution in [2.75, 3.05) is 52.4 Å². The van der Waals surface area contributed by atoms with Crippen LogP contribution >= 0.6 is 0 Å². The lowest BCUT2D eigenvalue weighted by molar-refractivity contribution is 0.0702. The molecule has 4 aliphatic heterocycles. The van der Waals surface area contributed by atoms with Crippen LogP contribution in [0.2, 0.25) is 0 Å². The van der Waals surface area contributed by atoms with E-state index in [1.165, 1.54) is 0 Å². The predicted octanol–water partition coefficient (Wildman–Crippen LogP) is 4.30. The zero-order chi connectivity index (χ0) is 31.0. The number of nitrogens with two attached hydrogens (primary N) is 1. The van der Waals surface area contributed by atoms with E-state index in [0.717, 1.165) is 42.5 Å². The fraction of sp³-hybridized carbons (Fsp3) is 0.424. The maximum atomic E-state index is 13.3. The summed E-state index contributed by atoms with van der Waals surface area (Å²) in [5, 5.41) is 3.42. The minimum absolute atomic E-state index is 0.0158. The van der Waals surface area contributed by atoms with E-state index >= 15 is 0 Å². The quantitative estimate of drug-likeness (QED) is 0.305. The number of benzene rings is 2. The molecule has 0 radical (unpaired) electrons. The van der Waals surface area contributed by atoms with E-state index in [9.17, 15) is 9.59 Å². The molecule has 2 saturated heterocycles. The van der Waals surface area contributed by atoms with Gasteiger partial charge in [0.15, 0.2) is 23.0 Å². The van der Waals surface area contributed by atoms with Crippen LogP contribution in [-0.4, -0.2) is 86.6 Å². The average Bonchev–Trinajstić information content (AvgIpc) is 3.48. The summed E-state index contributed by atoms with van der Waals surface area (Å²) in [6.45, 7) is 10.7. The van der Waals surface area contributed by atoms with Crippen molar-refractivity contribution >= 4 is 29.4 Å². The van der Waals surface area contributed by atoms with Crippen molar-refractivity contribution in [1.29, 1.82) is 0 Å². The van der Waals surface area contributed by atoms with Crippen molar-refractivity contribution in [2.24, 2.45) is 10.7 Å². The lowest BCUT2D eigenvalue weighted by Crippen LogP contribution is -2.54. The molecule has 4 heterocycles. The number of anilines is 1. The monoisotopic (exact) mass is 601 g/mol. The van der Waals surface area contributed by atoms with Gasteiger partial charge in [0.25, 0.3) is 11.8 Å². The Balaban J connectivity index is 1.02. The first kappa shape index (κ1) is 29.6. The Kier molecular flexibility index (Phi) is 7.98. The predicted molar refractivity (Wildman–Crippen MR) is 168 cm³/mol. The molecule has 6 rings (SSSR count). The Morgan fingerprint density at radius 2 is 1.59 bits per heavy atom. The minimum atomic E-state index is -0.979. The fourth-order valence-corrected chi connectivity index (χ4v) is 6.31. The molecule has 44 heavy (non-hydrogen) atoms. The van der Waals surface area contributed by atoms with Crippen molar-refractivity contribution < 1.29 is 28.5 Å². The summed E-state index contributed by atoms with van der Waals surface area (Å²) in [7, 11) is 3.12. The second kappa shape index (κ2) is 11.9. The molecule has 0 spiro atoms. The van der Waals surface area contributed by atoms with Gasteiger partial charge >= 0.3 is 0 Å². The standard InChI is InChI=1S/C33H39N5O6/c1-20-10-22-16-35-25-13-29(27(41-3)11-23(25)31(39)37(22)17-20)43-8-6-5-7-9-44-30-14-26-24(12-28(30)42-4)32(40)38-18-21(2)15-33(38,34)19-36-26/h11-14,19,22,35H,1-2,5-10,15-18,34H2,3-4H3/t22-,33-/m0/s1. The normalized spacial score (nSPS) is 22.0. The van der Waals surface area contributed by atoms with E-state index in [1.54, 1.807) is 43.5 Å². The Hall–Kier alpha value is -4.51. The van der Waals surface area contributed by atoms with Gasteiger partial charge in [-0.1, -0.05) is 24.3 Å². The highest BCUT2D eigenvalue weighted by atomic mass is 16.5. The minimum Gasteiger partial charge on any atom is -0.493 e. The number of nitrogens with one attached hydrogen (secondary N) is 1. The third-order valence-electron chi connectivity index (χ3n) is 8.59. The first-order chi connectivity index (χ1) is 21.2. The second-order valence-electron chi connectivity index (χ2n) is 11.8. The Labute approximate surface area is 257 Å². The number of aliphatic imine (C=N–C) groups is 1. The van der Waals surface area contributed by atoms with Crippen LogP contribution in [-0.2, 0) is 0 Å². The number of amides is 2. The molecule has 4 aliphatic rings. The van der Waals surface area contributed by atoms with E-state index in [4.69, 9.17) is 24.7 Å². The molecule has 0 bridgehead atoms. The van der Waals surface area contributed by atoms with Gasteiger partial charge in [-0.2, -0.15) is 0 Å². The third-order valence-corrected chi connectivity index (χ3v) is 8.59. The van der Waals surface area contributed by atoms with Crippen molar-refractivity contribution in [3.05, 3.63) is 59.7 Å². The largest absolute Gasteiger partial charge is 0.493 e. The molecule has 2 aromatic carbocycles. The van der Waals surface area contributed by atoms with Gasteiger partial charge < -0.3 is 39.8 Å². The van der Waals surface area contributed by atoms with Crippen LogP contribution in [0, 0.1) is 0 Å². The molecule has 2 atom stereocenters. The number of carbonyl (C=O) groups is 2. The number of ether oxygens (including phenoxy) is 4. The summed E-state index contributed by atoms with van der Waals surface area (Å²) >= 11 is 0. The molecule has 232 valence electrons. The first-order valence-corrected chi connectivity index (χ1v) is 14.9. The number of carbonyl (C=O) groups excluding carboxylic acids is 2. The second-order valence-corrected chi connectivity index (χ2v) is 11.8. The van der Waals surface area contributed by atoms with Crippen LogP contribution in [0.5, 0.6) is 23.0 Å². The molecule has 11 nitrogen and oxygen atoms in total.